The molecule has 2 aromatic carbocycles. The Morgan fingerprint density at radius 1 is 1.27 bits per heavy atom. The third kappa shape index (κ3) is 1.46. The van der Waals surface area contributed by atoms with Crippen LogP contribution in [0.1, 0.15) is 15.9 Å². The highest BCUT2D eigenvalue weighted by atomic mass is 19.1. The molecule has 0 heterocycles. The number of aromatic carboxylic acids is 1. The molecule has 0 saturated carbocycles. The molecule has 0 aromatic heterocycles. The van der Waals surface area contributed by atoms with Gasteiger partial charge in [-0.15, -0.1) is 0 Å². The molecule has 0 aliphatic rings. The van der Waals surface area contributed by atoms with E-state index in [-0.39, 0.29) is 11.4 Å². The number of benzene rings is 2. The van der Waals surface area contributed by atoms with Gasteiger partial charge in [0.15, 0.2) is 0 Å². The zero-order valence-corrected chi connectivity index (χ0v) is 8.12. The number of fused-ring (bicyclic) bond motifs is 1. The summed E-state index contributed by atoms with van der Waals surface area (Å²) in [6.45, 7) is 1.76. The lowest BCUT2D eigenvalue weighted by atomic mass is 10.0. The van der Waals surface area contributed by atoms with E-state index in [0.717, 1.165) is 5.56 Å². The molecule has 0 atom stereocenters. The van der Waals surface area contributed by atoms with Crippen LogP contribution in [0.2, 0.25) is 0 Å². The summed E-state index contributed by atoms with van der Waals surface area (Å²) >= 11 is 0. The standard InChI is InChI=1S/C12H9FO2/c1-7-3-2-4-8-9(12(14)15)5-6-10(13)11(7)8/h2-6H,1H3,(H,14,15). The fourth-order valence-corrected chi connectivity index (χ4v) is 1.73. The van der Waals surface area contributed by atoms with Crippen LogP contribution in [0, 0.1) is 12.7 Å². The predicted molar refractivity (Wildman–Crippen MR) is 55.6 cm³/mol. The van der Waals surface area contributed by atoms with Crippen LogP contribution in [0.25, 0.3) is 10.8 Å². The zero-order chi connectivity index (χ0) is 11.0. The van der Waals surface area contributed by atoms with E-state index in [1.54, 1.807) is 25.1 Å². The summed E-state index contributed by atoms with van der Waals surface area (Å²) in [4.78, 5) is 10.9. The van der Waals surface area contributed by atoms with Gasteiger partial charge in [0.2, 0.25) is 0 Å². The Labute approximate surface area is 86.0 Å². The highest BCUT2D eigenvalue weighted by molar-refractivity contribution is 6.04. The maximum atomic E-state index is 13.5. The first-order valence-corrected chi connectivity index (χ1v) is 4.52. The average molecular weight is 204 g/mol. The summed E-state index contributed by atoms with van der Waals surface area (Å²) in [5, 5.41) is 9.78. The molecule has 0 saturated heterocycles. The largest absolute Gasteiger partial charge is 0.478 e. The van der Waals surface area contributed by atoms with E-state index in [0.29, 0.717) is 10.8 Å². The number of aryl methyl sites for hydroxylation is 1. The number of rotatable bonds is 1. The van der Waals surface area contributed by atoms with Gasteiger partial charge in [-0.2, -0.15) is 0 Å². The number of carbonyl (C=O) groups is 1. The van der Waals surface area contributed by atoms with Gasteiger partial charge in [0.1, 0.15) is 5.82 Å². The molecule has 0 aliphatic heterocycles. The van der Waals surface area contributed by atoms with Crippen molar-refractivity contribution in [2.75, 3.05) is 0 Å². The van der Waals surface area contributed by atoms with Crippen molar-refractivity contribution in [3.05, 3.63) is 47.3 Å². The molecule has 76 valence electrons. The molecule has 0 bridgehead atoms. The minimum Gasteiger partial charge on any atom is -0.478 e. The molecule has 3 heteroatoms. The molecule has 0 fully saturated rings. The van der Waals surface area contributed by atoms with Crippen LogP contribution in [-0.4, -0.2) is 11.1 Å². The molecule has 0 radical (unpaired) electrons. The van der Waals surface area contributed by atoms with E-state index in [4.69, 9.17) is 5.11 Å². The van der Waals surface area contributed by atoms with E-state index in [1.165, 1.54) is 12.1 Å². The number of carboxylic acid groups (broad SMARTS) is 1. The van der Waals surface area contributed by atoms with Crippen molar-refractivity contribution in [3.8, 4) is 0 Å². The molecule has 2 nitrogen and oxygen atoms in total. The topological polar surface area (TPSA) is 37.3 Å². The Balaban J connectivity index is 2.95. The van der Waals surface area contributed by atoms with Gasteiger partial charge >= 0.3 is 5.97 Å². The quantitative estimate of drug-likeness (QED) is 0.775. The lowest BCUT2D eigenvalue weighted by Crippen LogP contribution is -1.99. The number of hydrogen-bond acceptors (Lipinski definition) is 1. The summed E-state index contributed by atoms with van der Waals surface area (Å²) in [7, 11) is 0. The molecule has 2 rings (SSSR count). The van der Waals surface area contributed by atoms with Gasteiger partial charge in [0, 0.05) is 5.39 Å². The first kappa shape index (κ1) is 9.65. The summed E-state index contributed by atoms with van der Waals surface area (Å²) in [5.74, 6) is -1.42. The van der Waals surface area contributed by atoms with E-state index in [1.807, 2.05) is 0 Å². The van der Waals surface area contributed by atoms with E-state index in [2.05, 4.69) is 0 Å². The highest BCUT2D eigenvalue weighted by Gasteiger charge is 2.12. The van der Waals surface area contributed by atoms with Gasteiger partial charge in [0.05, 0.1) is 5.56 Å². The van der Waals surface area contributed by atoms with Crippen molar-refractivity contribution in [1.29, 1.82) is 0 Å². The van der Waals surface area contributed by atoms with Crippen LogP contribution < -0.4 is 0 Å². The number of halogens is 1. The van der Waals surface area contributed by atoms with Crippen molar-refractivity contribution in [3.63, 3.8) is 0 Å². The van der Waals surface area contributed by atoms with Crippen LogP contribution in [-0.2, 0) is 0 Å². The molecule has 15 heavy (non-hydrogen) atoms. The second kappa shape index (κ2) is 3.35. The second-order valence-corrected chi connectivity index (χ2v) is 3.40. The Kier molecular flexibility index (Phi) is 2.15. The Bertz CT molecular complexity index is 538. The molecule has 0 amide bonds. The summed E-state index contributed by atoms with van der Waals surface area (Å²) in [6.07, 6.45) is 0. The van der Waals surface area contributed by atoms with Gasteiger partial charge in [-0.25, -0.2) is 9.18 Å². The maximum absolute atomic E-state index is 13.5. The monoisotopic (exact) mass is 204 g/mol. The number of carboxylic acids is 1. The lowest BCUT2D eigenvalue weighted by Gasteiger charge is -2.06. The smallest absolute Gasteiger partial charge is 0.336 e. The van der Waals surface area contributed by atoms with Crippen LogP contribution in [0.5, 0.6) is 0 Å². The van der Waals surface area contributed by atoms with Crippen LogP contribution >= 0.6 is 0 Å². The average Bonchev–Trinajstić information content (AvgIpc) is 2.17. The Morgan fingerprint density at radius 2 is 2.00 bits per heavy atom. The third-order valence-electron chi connectivity index (χ3n) is 2.43. The normalized spacial score (nSPS) is 10.5. The Hall–Kier alpha value is -1.90. The van der Waals surface area contributed by atoms with E-state index in [9.17, 15) is 9.18 Å². The first-order valence-electron chi connectivity index (χ1n) is 4.52. The molecule has 0 aliphatic carbocycles. The van der Waals surface area contributed by atoms with Gasteiger partial charge in [-0.3, -0.25) is 0 Å². The zero-order valence-electron chi connectivity index (χ0n) is 8.12. The van der Waals surface area contributed by atoms with Gasteiger partial charge in [0.25, 0.3) is 0 Å². The molecule has 0 unspecified atom stereocenters. The summed E-state index contributed by atoms with van der Waals surface area (Å²) < 4.78 is 13.5. The van der Waals surface area contributed by atoms with Gasteiger partial charge in [-0.1, -0.05) is 18.2 Å². The first-order chi connectivity index (χ1) is 7.11. The minimum absolute atomic E-state index is 0.134. The van der Waals surface area contributed by atoms with Gasteiger partial charge < -0.3 is 5.11 Å². The number of hydrogen-bond donors (Lipinski definition) is 1. The van der Waals surface area contributed by atoms with Crippen molar-refractivity contribution >= 4 is 16.7 Å². The summed E-state index contributed by atoms with van der Waals surface area (Å²) in [6, 6.07) is 7.59. The molecular formula is C12H9FO2. The fourth-order valence-electron chi connectivity index (χ4n) is 1.73. The molecule has 1 N–H and O–H groups in total. The van der Waals surface area contributed by atoms with Crippen molar-refractivity contribution < 1.29 is 14.3 Å². The van der Waals surface area contributed by atoms with Crippen molar-refractivity contribution in [1.82, 2.24) is 0 Å². The minimum atomic E-state index is -1.04. The van der Waals surface area contributed by atoms with Crippen molar-refractivity contribution in [2.24, 2.45) is 0 Å². The van der Waals surface area contributed by atoms with Crippen LogP contribution in [0.15, 0.2) is 30.3 Å². The predicted octanol–water partition coefficient (Wildman–Crippen LogP) is 2.99. The van der Waals surface area contributed by atoms with E-state index >= 15 is 0 Å². The Morgan fingerprint density at radius 3 is 2.67 bits per heavy atom. The maximum Gasteiger partial charge on any atom is 0.336 e. The van der Waals surface area contributed by atoms with Crippen molar-refractivity contribution in [2.45, 2.75) is 6.92 Å². The lowest BCUT2D eigenvalue weighted by molar-refractivity contribution is 0.0699. The second-order valence-electron chi connectivity index (χ2n) is 3.40. The summed E-state index contributed by atoms with van der Waals surface area (Å²) in [5.41, 5.74) is 0.878. The molecule has 0 spiro atoms. The highest BCUT2D eigenvalue weighted by Crippen LogP contribution is 2.24. The molecular weight excluding hydrogens is 195 g/mol. The fraction of sp³-hybridized carbons (Fsp3) is 0.0833. The van der Waals surface area contributed by atoms with Crippen LogP contribution in [0.4, 0.5) is 4.39 Å². The van der Waals surface area contributed by atoms with Gasteiger partial charge in [-0.05, 0) is 30.0 Å². The molecule has 2 aromatic rings. The van der Waals surface area contributed by atoms with Crippen LogP contribution in [0.3, 0.4) is 0 Å². The SMILES string of the molecule is Cc1cccc2c(C(=O)O)ccc(F)c12. The van der Waals surface area contributed by atoms with E-state index < -0.39 is 5.97 Å². The third-order valence-corrected chi connectivity index (χ3v) is 2.43.